The van der Waals surface area contributed by atoms with Gasteiger partial charge in [0, 0.05) is 25.3 Å². The second-order valence-electron chi connectivity index (χ2n) is 3.69. The van der Waals surface area contributed by atoms with E-state index in [1.165, 1.54) is 12.1 Å². The summed E-state index contributed by atoms with van der Waals surface area (Å²) >= 11 is 0. The Kier molecular flexibility index (Phi) is 5.22. The summed E-state index contributed by atoms with van der Waals surface area (Å²) in [6.45, 7) is 3.19. The fourth-order valence-electron chi connectivity index (χ4n) is 1.48. The molecule has 0 amide bonds. The first-order valence-corrected chi connectivity index (χ1v) is 5.22. The first-order chi connectivity index (χ1) is 7.67. The average Bonchev–Trinajstić information content (AvgIpc) is 2.27. The molecular weight excluding hydrogens is 209 g/mol. The zero-order chi connectivity index (χ0) is 12.0. The van der Waals surface area contributed by atoms with Gasteiger partial charge < -0.3 is 14.8 Å². The second-order valence-corrected chi connectivity index (χ2v) is 3.69. The van der Waals surface area contributed by atoms with Gasteiger partial charge in [0.15, 0.2) is 0 Å². The van der Waals surface area contributed by atoms with Gasteiger partial charge in [-0.15, -0.1) is 0 Å². The minimum absolute atomic E-state index is 0.220. The third-order valence-corrected chi connectivity index (χ3v) is 2.30. The fraction of sp³-hybridized carbons (Fsp3) is 0.500. The lowest BCUT2D eigenvalue weighted by atomic mass is 10.2. The van der Waals surface area contributed by atoms with Crippen LogP contribution in [0.4, 0.5) is 4.39 Å². The Morgan fingerprint density at radius 1 is 1.38 bits per heavy atom. The maximum absolute atomic E-state index is 13.0. The van der Waals surface area contributed by atoms with Crippen LogP contribution >= 0.6 is 0 Å². The zero-order valence-corrected chi connectivity index (χ0v) is 9.92. The molecule has 4 heteroatoms. The van der Waals surface area contributed by atoms with E-state index in [1.54, 1.807) is 20.3 Å². The highest BCUT2D eigenvalue weighted by atomic mass is 19.1. The summed E-state index contributed by atoms with van der Waals surface area (Å²) in [7, 11) is 3.23. The predicted molar refractivity (Wildman–Crippen MR) is 61.1 cm³/mol. The lowest BCUT2D eigenvalue weighted by molar-refractivity contribution is 0.171. The number of halogens is 1. The van der Waals surface area contributed by atoms with Crippen molar-refractivity contribution in [3.05, 3.63) is 29.6 Å². The van der Waals surface area contributed by atoms with Crippen LogP contribution in [0.1, 0.15) is 12.5 Å². The molecule has 1 aromatic carbocycles. The molecule has 1 atom stereocenters. The largest absolute Gasteiger partial charge is 0.496 e. The summed E-state index contributed by atoms with van der Waals surface area (Å²) in [4.78, 5) is 0. The van der Waals surface area contributed by atoms with Crippen LogP contribution in [0.3, 0.4) is 0 Å². The first-order valence-electron chi connectivity index (χ1n) is 5.22. The fourth-order valence-corrected chi connectivity index (χ4v) is 1.48. The molecule has 0 aliphatic heterocycles. The van der Waals surface area contributed by atoms with Gasteiger partial charge in [0.1, 0.15) is 11.6 Å². The van der Waals surface area contributed by atoms with Gasteiger partial charge in [0.2, 0.25) is 0 Å². The highest BCUT2D eigenvalue weighted by Gasteiger charge is 2.06. The lowest BCUT2D eigenvalue weighted by Crippen LogP contribution is -2.29. The zero-order valence-electron chi connectivity index (χ0n) is 9.92. The van der Waals surface area contributed by atoms with E-state index in [9.17, 15) is 4.39 Å². The van der Waals surface area contributed by atoms with Gasteiger partial charge in [0.25, 0.3) is 0 Å². The van der Waals surface area contributed by atoms with Crippen LogP contribution < -0.4 is 10.1 Å². The third-order valence-electron chi connectivity index (χ3n) is 2.30. The Bertz CT molecular complexity index is 331. The van der Waals surface area contributed by atoms with Gasteiger partial charge in [-0.1, -0.05) is 0 Å². The number of hydrogen-bond acceptors (Lipinski definition) is 3. The molecule has 0 aromatic heterocycles. The standard InChI is InChI=1S/C12H18FNO2/c1-9(8-15-2)14-7-10-6-11(13)4-5-12(10)16-3/h4-6,9,14H,7-8H2,1-3H3. The summed E-state index contributed by atoms with van der Waals surface area (Å²) in [6, 6.07) is 4.72. The molecule has 1 N–H and O–H groups in total. The topological polar surface area (TPSA) is 30.5 Å². The molecule has 0 bridgehead atoms. The van der Waals surface area contributed by atoms with Crippen molar-refractivity contribution in [1.29, 1.82) is 0 Å². The van der Waals surface area contributed by atoms with Crippen molar-refractivity contribution in [1.82, 2.24) is 5.32 Å². The smallest absolute Gasteiger partial charge is 0.123 e. The number of methoxy groups -OCH3 is 2. The van der Waals surface area contributed by atoms with Crippen molar-refractivity contribution >= 4 is 0 Å². The van der Waals surface area contributed by atoms with E-state index in [4.69, 9.17) is 9.47 Å². The van der Waals surface area contributed by atoms with Crippen LogP contribution in [-0.4, -0.2) is 26.9 Å². The molecule has 16 heavy (non-hydrogen) atoms. The molecule has 0 saturated carbocycles. The average molecular weight is 227 g/mol. The first kappa shape index (κ1) is 12.9. The molecule has 0 saturated heterocycles. The summed E-state index contributed by atoms with van der Waals surface area (Å²) in [5.74, 6) is 0.440. The number of benzene rings is 1. The highest BCUT2D eigenvalue weighted by molar-refractivity contribution is 5.33. The van der Waals surface area contributed by atoms with Gasteiger partial charge in [0.05, 0.1) is 13.7 Å². The Hall–Kier alpha value is -1.13. The molecule has 0 aliphatic carbocycles. The molecule has 3 nitrogen and oxygen atoms in total. The second kappa shape index (κ2) is 6.45. The Labute approximate surface area is 95.6 Å². The molecular formula is C12H18FNO2. The van der Waals surface area contributed by atoms with E-state index in [0.29, 0.717) is 18.9 Å². The minimum atomic E-state index is -0.253. The molecule has 0 aliphatic rings. The maximum Gasteiger partial charge on any atom is 0.123 e. The van der Waals surface area contributed by atoms with E-state index in [1.807, 2.05) is 6.92 Å². The van der Waals surface area contributed by atoms with Crippen LogP contribution in [0.15, 0.2) is 18.2 Å². The SMILES string of the molecule is COCC(C)NCc1cc(F)ccc1OC. The third kappa shape index (κ3) is 3.79. The summed E-state index contributed by atoms with van der Waals surface area (Å²) < 4.78 is 23.2. The van der Waals surface area contributed by atoms with Gasteiger partial charge >= 0.3 is 0 Å². The van der Waals surface area contributed by atoms with Crippen molar-refractivity contribution in [3.8, 4) is 5.75 Å². The van der Waals surface area contributed by atoms with E-state index >= 15 is 0 Å². The van der Waals surface area contributed by atoms with Crippen LogP contribution in [0.25, 0.3) is 0 Å². The number of ether oxygens (including phenoxy) is 2. The summed E-state index contributed by atoms with van der Waals surface area (Å²) in [5.41, 5.74) is 0.811. The van der Waals surface area contributed by atoms with Crippen LogP contribution in [0.5, 0.6) is 5.75 Å². The molecule has 1 aromatic rings. The lowest BCUT2D eigenvalue weighted by Gasteiger charge is -2.14. The monoisotopic (exact) mass is 227 g/mol. The van der Waals surface area contributed by atoms with Gasteiger partial charge in [-0.2, -0.15) is 0 Å². The molecule has 0 heterocycles. The number of rotatable bonds is 6. The Balaban J connectivity index is 2.61. The molecule has 0 fully saturated rings. The molecule has 1 unspecified atom stereocenters. The van der Waals surface area contributed by atoms with Crippen molar-refractivity contribution in [2.75, 3.05) is 20.8 Å². The molecule has 90 valence electrons. The Morgan fingerprint density at radius 3 is 2.75 bits per heavy atom. The van der Waals surface area contributed by atoms with E-state index in [-0.39, 0.29) is 11.9 Å². The van der Waals surface area contributed by atoms with Crippen molar-refractivity contribution in [2.45, 2.75) is 19.5 Å². The minimum Gasteiger partial charge on any atom is -0.496 e. The van der Waals surface area contributed by atoms with Crippen molar-refractivity contribution in [2.24, 2.45) is 0 Å². The number of nitrogens with one attached hydrogen (secondary N) is 1. The predicted octanol–water partition coefficient (Wildman–Crippen LogP) is 1.96. The Morgan fingerprint density at radius 2 is 2.12 bits per heavy atom. The van der Waals surface area contributed by atoms with Crippen molar-refractivity contribution in [3.63, 3.8) is 0 Å². The van der Waals surface area contributed by atoms with Crippen LogP contribution in [0.2, 0.25) is 0 Å². The van der Waals surface area contributed by atoms with Crippen LogP contribution in [-0.2, 0) is 11.3 Å². The molecule has 0 spiro atoms. The van der Waals surface area contributed by atoms with Crippen LogP contribution in [0, 0.1) is 5.82 Å². The summed E-state index contributed by atoms with van der Waals surface area (Å²) in [5, 5.41) is 3.23. The number of hydrogen-bond donors (Lipinski definition) is 1. The van der Waals surface area contributed by atoms with Gasteiger partial charge in [-0.05, 0) is 25.1 Å². The normalized spacial score (nSPS) is 12.5. The van der Waals surface area contributed by atoms with E-state index in [0.717, 1.165) is 5.56 Å². The molecule has 0 radical (unpaired) electrons. The maximum atomic E-state index is 13.0. The van der Waals surface area contributed by atoms with Gasteiger partial charge in [-0.3, -0.25) is 0 Å². The van der Waals surface area contributed by atoms with E-state index < -0.39 is 0 Å². The van der Waals surface area contributed by atoms with E-state index in [2.05, 4.69) is 5.32 Å². The quantitative estimate of drug-likeness (QED) is 0.805. The molecule has 1 rings (SSSR count). The summed E-state index contributed by atoms with van der Waals surface area (Å²) in [6.07, 6.45) is 0. The highest BCUT2D eigenvalue weighted by Crippen LogP contribution is 2.18. The van der Waals surface area contributed by atoms with Crippen molar-refractivity contribution < 1.29 is 13.9 Å². The van der Waals surface area contributed by atoms with Gasteiger partial charge in [-0.25, -0.2) is 4.39 Å².